The maximum absolute atomic E-state index is 11.0. The average Bonchev–Trinajstić information content (AvgIpc) is 2.37. The van der Waals surface area contributed by atoms with Crippen LogP contribution >= 0.6 is 0 Å². The second kappa shape index (κ2) is 5.18. The molecule has 0 fully saturated rings. The van der Waals surface area contributed by atoms with Crippen molar-refractivity contribution in [3.05, 3.63) is 53.9 Å². The molecule has 0 bridgehead atoms. The molecule has 0 spiro atoms. The zero-order chi connectivity index (χ0) is 13.0. The molecule has 92 valence electrons. The van der Waals surface area contributed by atoms with Gasteiger partial charge in [0.15, 0.2) is 0 Å². The van der Waals surface area contributed by atoms with E-state index in [4.69, 9.17) is 16.2 Å². The van der Waals surface area contributed by atoms with Crippen LogP contribution in [0.5, 0.6) is 5.75 Å². The van der Waals surface area contributed by atoms with Crippen LogP contribution in [0.3, 0.4) is 0 Å². The molecule has 0 radical (unpaired) electrons. The summed E-state index contributed by atoms with van der Waals surface area (Å²) in [5.74, 6) is 0.160. The van der Waals surface area contributed by atoms with Crippen LogP contribution in [0.25, 0.3) is 0 Å². The van der Waals surface area contributed by atoms with Crippen molar-refractivity contribution in [3.63, 3.8) is 0 Å². The van der Waals surface area contributed by atoms with E-state index in [9.17, 15) is 4.79 Å². The van der Waals surface area contributed by atoms with Crippen LogP contribution in [-0.4, -0.2) is 10.9 Å². The molecule has 1 aromatic heterocycles. The van der Waals surface area contributed by atoms with Gasteiger partial charge in [-0.05, 0) is 18.2 Å². The van der Waals surface area contributed by atoms with Crippen molar-refractivity contribution >= 4 is 11.6 Å². The van der Waals surface area contributed by atoms with E-state index in [2.05, 4.69) is 4.98 Å². The second-order valence-corrected chi connectivity index (χ2v) is 3.81. The number of hydrogen-bond donors (Lipinski definition) is 2. The number of pyridine rings is 1. The molecular weight excluding hydrogens is 230 g/mol. The van der Waals surface area contributed by atoms with Crippen molar-refractivity contribution < 1.29 is 9.53 Å². The van der Waals surface area contributed by atoms with Crippen molar-refractivity contribution in [1.29, 1.82) is 0 Å². The Labute approximate surface area is 104 Å². The highest BCUT2D eigenvalue weighted by Crippen LogP contribution is 2.16. The first-order valence-corrected chi connectivity index (χ1v) is 5.37. The molecule has 0 aliphatic heterocycles. The Morgan fingerprint density at radius 1 is 1.28 bits per heavy atom. The number of ether oxygens (including phenoxy) is 1. The summed E-state index contributed by atoms with van der Waals surface area (Å²) < 4.78 is 5.54. The van der Waals surface area contributed by atoms with Crippen LogP contribution in [0.15, 0.2) is 42.7 Å². The SMILES string of the molecule is NC(=O)c1cncc(COc2cccc(N)c2)c1. The molecule has 0 saturated carbocycles. The topological polar surface area (TPSA) is 91.2 Å². The molecule has 0 aliphatic carbocycles. The van der Waals surface area contributed by atoms with E-state index in [0.29, 0.717) is 23.6 Å². The summed E-state index contributed by atoms with van der Waals surface area (Å²) in [5.41, 5.74) is 12.6. The van der Waals surface area contributed by atoms with Crippen molar-refractivity contribution in [3.8, 4) is 5.75 Å². The van der Waals surface area contributed by atoms with Crippen molar-refractivity contribution in [2.45, 2.75) is 6.61 Å². The Bertz CT molecular complexity index is 570. The fourth-order valence-corrected chi connectivity index (χ4v) is 1.47. The molecule has 5 nitrogen and oxygen atoms in total. The van der Waals surface area contributed by atoms with Crippen LogP contribution in [0.2, 0.25) is 0 Å². The highest BCUT2D eigenvalue weighted by atomic mass is 16.5. The summed E-state index contributed by atoms with van der Waals surface area (Å²) in [6.07, 6.45) is 3.05. The number of primary amides is 1. The predicted octanol–water partition coefficient (Wildman–Crippen LogP) is 1.34. The van der Waals surface area contributed by atoms with Gasteiger partial charge in [-0.2, -0.15) is 0 Å². The van der Waals surface area contributed by atoms with Gasteiger partial charge in [-0.3, -0.25) is 9.78 Å². The monoisotopic (exact) mass is 243 g/mol. The number of aromatic nitrogens is 1. The number of nitrogens with two attached hydrogens (primary N) is 2. The Morgan fingerprint density at radius 3 is 2.83 bits per heavy atom. The van der Waals surface area contributed by atoms with Gasteiger partial charge in [0.05, 0.1) is 5.56 Å². The van der Waals surface area contributed by atoms with Gasteiger partial charge < -0.3 is 16.2 Å². The normalized spacial score (nSPS) is 10.0. The number of benzene rings is 1. The van der Waals surface area contributed by atoms with Crippen LogP contribution in [0.1, 0.15) is 15.9 Å². The smallest absolute Gasteiger partial charge is 0.250 e. The third kappa shape index (κ3) is 2.98. The quantitative estimate of drug-likeness (QED) is 0.793. The fraction of sp³-hybridized carbons (Fsp3) is 0.0769. The number of nitrogen functional groups attached to an aromatic ring is 1. The molecule has 2 aromatic rings. The molecule has 1 amide bonds. The molecule has 18 heavy (non-hydrogen) atoms. The summed E-state index contributed by atoms with van der Waals surface area (Å²) in [4.78, 5) is 14.9. The minimum absolute atomic E-state index is 0.303. The Hall–Kier alpha value is -2.56. The van der Waals surface area contributed by atoms with Gasteiger partial charge in [-0.25, -0.2) is 0 Å². The molecule has 0 atom stereocenters. The van der Waals surface area contributed by atoms with Crippen LogP contribution in [0.4, 0.5) is 5.69 Å². The molecule has 1 aromatic carbocycles. The van der Waals surface area contributed by atoms with E-state index in [1.807, 2.05) is 12.1 Å². The lowest BCUT2D eigenvalue weighted by atomic mass is 10.2. The number of carbonyl (C=O) groups excluding carboxylic acids is 1. The number of anilines is 1. The minimum Gasteiger partial charge on any atom is -0.489 e. The van der Waals surface area contributed by atoms with Gasteiger partial charge in [0.25, 0.3) is 0 Å². The first-order chi connectivity index (χ1) is 8.65. The van der Waals surface area contributed by atoms with E-state index in [1.54, 1.807) is 24.4 Å². The van der Waals surface area contributed by atoms with Crippen molar-refractivity contribution in [2.75, 3.05) is 5.73 Å². The Balaban J connectivity index is 2.06. The average molecular weight is 243 g/mol. The van der Waals surface area contributed by atoms with E-state index in [0.717, 1.165) is 5.56 Å². The first kappa shape index (κ1) is 11.9. The predicted molar refractivity (Wildman–Crippen MR) is 67.9 cm³/mol. The van der Waals surface area contributed by atoms with E-state index >= 15 is 0 Å². The van der Waals surface area contributed by atoms with E-state index < -0.39 is 5.91 Å². The molecule has 2 rings (SSSR count). The Kier molecular flexibility index (Phi) is 3.43. The maximum Gasteiger partial charge on any atom is 0.250 e. The first-order valence-electron chi connectivity index (χ1n) is 5.37. The number of amides is 1. The maximum atomic E-state index is 11.0. The summed E-state index contributed by atoms with van der Waals surface area (Å²) >= 11 is 0. The summed E-state index contributed by atoms with van der Waals surface area (Å²) in [6.45, 7) is 0.303. The van der Waals surface area contributed by atoms with Gasteiger partial charge in [0.2, 0.25) is 5.91 Å². The zero-order valence-electron chi connectivity index (χ0n) is 9.67. The van der Waals surface area contributed by atoms with Gasteiger partial charge in [-0.15, -0.1) is 0 Å². The number of nitrogens with zero attached hydrogens (tertiary/aromatic N) is 1. The van der Waals surface area contributed by atoms with Gasteiger partial charge in [0.1, 0.15) is 12.4 Å². The van der Waals surface area contributed by atoms with E-state index in [-0.39, 0.29) is 0 Å². The third-order valence-corrected chi connectivity index (χ3v) is 2.34. The Morgan fingerprint density at radius 2 is 2.11 bits per heavy atom. The molecule has 5 heteroatoms. The minimum atomic E-state index is -0.506. The molecule has 1 heterocycles. The van der Waals surface area contributed by atoms with Crippen LogP contribution in [-0.2, 0) is 6.61 Å². The number of carbonyl (C=O) groups is 1. The molecule has 0 saturated heterocycles. The van der Waals surface area contributed by atoms with Gasteiger partial charge in [0, 0.05) is 29.7 Å². The highest BCUT2D eigenvalue weighted by molar-refractivity contribution is 5.92. The lowest BCUT2D eigenvalue weighted by Crippen LogP contribution is -2.12. The molecular formula is C13H13N3O2. The summed E-state index contributed by atoms with van der Waals surface area (Å²) in [5, 5.41) is 0. The molecule has 4 N–H and O–H groups in total. The van der Waals surface area contributed by atoms with Gasteiger partial charge in [-0.1, -0.05) is 6.07 Å². The van der Waals surface area contributed by atoms with Crippen molar-refractivity contribution in [1.82, 2.24) is 4.98 Å². The molecule has 0 unspecified atom stereocenters. The summed E-state index contributed by atoms with van der Waals surface area (Å²) in [6, 6.07) is 8.78. The van der Waals surface area contributed by atoms with Gasteiger partial charge >= 0.3 is 0 Å². The fourth-order valence-electron chi connectivity index (χ4n) is 1.47. The molecule has 0 aliphatic rings. The second-order valence-electron chi connectivity index (χ2n) is 3.81. The summed E-state index contributed by atoms with van der Waals surface area (Å²) in [7, 11) is 0. The number of rotatable bonds is 4. The van der Waals surface area contributed by atoms with E-state index in [1.165, 1.54) is 6.20 Å². The standard InChI is InChI=1S/C13H13N3O2/c14-11-2-1-3-12(5-11)18-8-9-4-10(13(15)17)7-16-6-9/h1-7H,8,14H2,(H2,15,17). The lowest BCUT2D eigenvalue weighted by Gasteiger charge is -2.07. The van der Waals surface area contributed by atoms with Crippen molar-refractivity contribution in [2.24, 2.45) is 5.73 Å². The van der Waals surface area contributed by atoms with Crippen LogP contribution in [0, 0.1) is 0 Å². The third-order valence-electron chi connectivity index (χ3n) is 2.34. The highest BCUT2D eigenvalue weighted by Gasteiger charge is 2.03. The largest absolute Gasteiger partial charge is 0.489 e. The zero-order valence-corrected chi connectivity index (χ0v) is 9.67. The number of hydrogen-bond acceptors (Lipinski definition) is 4. The lowest BCUT2D eigenvalue weighted by molar-refractivity contribution is 0.1000. The van der Waals surface area contributed by atoms with Crippen LogP contribution < -0.4 is 16.2 Å².